The number of aromatic amines is 1. The zero-order chi connectivity index (χ0) is 21.4. The number of rotatable bonds is 4. The second kappa shape index (κ2) is 7.92. The monoisotopic (exact) mass is 472 g/mol. The van der Waals surface area contributed by atoms with Gasteiger partial charge in [0.05, 0.1) is 17.0 Å². The van der Waals surface area contributed by atoms with Crippen molar-refractivity contribution in [3.63, 3.8) is 0 Å². The highest BCUT2D eigenvalue weighted by Crippen LogP contribution is 2.27. The summed E-state index contributed by atoms with van der Waals surface area (Å²) in [7, 11) is 0. The quantitative estimate of drug-likeness (QED) is 0.430. The summed E-state index contributed by atoms with van der Waals surface area (Å²) in [5.41, 5.74) is 4.74. The molecule has 0 unspecified atom stereocenters. The summed E-state index contributed by atoms with van der Waals surface area (Å²) in [5, 5.41) is 2.85. The number of hydrogen-bond donors (Lipinski definition) is 2. The number of benzene rings is 2. The number of carbonyl (C=O) groups excluding carboxylic acids is 2. The van der Waals surface area contributed by atoms with E-state index in [-0.39, 0.29) is 11.7 Å². The zero-order valence-electron chi connectivity index (χ0n) is 16.4. The fourth-order valence-corrected chi connectivity index (χ4v) is 4.13. The van der Waals surface area contributed by atoms with Crippen molar-refractivity contribution in [3.8, 4) is 22.8 Å². The lowest BCUT2D eigenvalue weighted by Gasteiger charge is -2.11. The molecule has 2 aromatic heterocycles. The van der Waals surface area contributed by atoms with E-state index in [0.717, 1.165) is 22.3 Å². The number of halogens is 1. The topological polar surface area (TPSA) is 87.7 Å². The Morgan fingerprint density at radius 1 is 1.00 bits per heavy atom. The van der Waals surface area contributed by atoms with E-state index in [9.17, 15) is 9.59 Å². The first kappa shape index (κ1) is 19.4. The molecule has 0 radical (unpaired) electrons. The van der Waals surface area contributed by atoms with Crippen molar-refractivity contribution in [2.24, 2.45) is 0 Å². The first-order chi connectivity index (χ1) is 15.1. The van der Waals surface area contributed by atoms with Gasteiger partial charge in [-0.15, -0.1) is 0 Å². The second-order valence-corrected chi connectivity index (χ2v) is 8.15. The van der Waals surface area contributed by atoms with Gasteiger partial charge in [0.1, 0.15) is 0 Å². The fraction of sp³-hybridized carbons (Fsp3) is 0.0833. The number of H-pyrrole nitrogens is 1. The van der Waals surface area contributed by atoms with Crippen LogP contribution >= 0.6 is 15.9 Å². The molecule has 0 bridgehead atoms. The van der Waals surface area contributed by atoms with Crippen LogP contribution in [0.5, 0.6) is 0 Å². The maximum Gasteiger partial charge on any atom is 0.253 e. The zero-order valence-corrected chi connectivity index (χ0v) is 17.9. The SMILES string of the molecule is O=C(c1cccc(Br)c1)c1ccccc1-c1nccc(-c2cc3c([nH]2)CCNC3=O)n1. The van der Waals surface area contributed by atoms with E-state index in [4.69, 9.17) is 4.98 Å². The van der Waals surface area contributed by atoms with Crippen molar-refractivity contribution in [1.29, 1.82) is 0 Å². The maximum atomic E-state index is 13.2. The lowest BCUT2D eigenvalue weighted by molar-refractivity contribution is 0.0945. The molecule has 4 aromatic rings. The minimum absolute atomic E-state index is 0.0806. The third-order valence-electron chi connectivity index (χ3n) is 5.24. The molecule has 2 aromatic carbocycles. The summed E-state index contributed by atoms with van der Waals surface area (Å²) in [6.07, 6.45) is 2.42. The Kier molecular flexibility index (Phi) is 4.95. The summed E-state index contributed by atoms with van der Waals surface area (Å²) in [4.78, 5) is 37.7. The van der Waals surface area contributed by atoms with Crippen LogP contribution < -0.4 is 5.32 Å². The largest absolute Gasteiger partial charge is 0.356 e. The Morgan fingerprint density at radius 3 is 2.71 bits per heavy atom. The third kappa shape index (κ3) is 3.68. The minimum Gasteiger partial charge on any atom is -0.356 e. The molecule has 0 fully saturated rings. The highest BCUT2D eigenvalue weighted by atomic mass is 79.9. The minimum atomic E-state index is -0.0992. The van der Waals surface area contributed by atoms with Crippen LogP contribution in [0.25, 0.3) is 22.8 Å². The standard InChI is InChI=1S/C24H17BrN4O2/c25-15-5-3-4-14(12-15)22(30)16-6-1-2-7-17(16)23-26-10-9-20(29-23)21-13-18-19(28-21)8-11-27-24(18)31/h1-7,9-10,12-13,28H,8,11H2,(H,27,31). The van der Waals surface area contributed by atoms with Crippen LogP contribution in [-0.2, 0) is 6.42 Å². The van der Waals surface area contributed by atoms with Gasteiger partial charge >= 0.3 is 0 Å². The number of carbonyl (C=O) groups is 2. The van der Waals surface area contributed by atoms with E-state index in [1.807, 2.05) is 36.4 Å². The van der Waals surface area contributed by atoms with Crippen LogP contribution in [0.15, 0.2) is 71.3 Å². The molecule has 0 saturated heterocycles. The van der Waals surface area contributed by atoms with E-state index in [0.29, 0.717) is 40.3 Å². The number of nitrogens with one attached hydrogen (secondary N) is 2. The molecule has 6 nitrogen and oxygen atoms in total. The number of ketones is 1. The van der Waals surface area contributed by atoms with Gasteiger partial charge in [-0.05, 0) is 24.3 Å². The molecule has 5 rings (SSSR count). The van der Waals surface area contributed by atoms with Gasteiger partial charge in [-0.25, -0.2) is 9.97 Å². The summed E-state index contributed by atoms with van der Waals surface area (Å²) in [6.45, 7) is 0.617. The van der Waals surface area contributed by atoms with Crippen molar-refractivity contribution in [2.45, 2.75) is 6.42 Å². The lowest BCUT2D eigenvalue weighted by Crippen LogP contribution is -2.31. The molecule has 3 heterocycles. The van der Waals surface area contributed by atoms with Crippen LogP contribution in [0.3, 0.4) is 0 Å². The first-order valence-corrected chi connectivity index (χ1v) is 10.6. The molecule has 1 aliphatic heterocycles. The van der Waals surface area contributed by atoms with Gasteiger partial charge in [-0.1, -0.05) is 52.3 Å². The van der Waals surface area contributed by atoms with Crippen LogP contribution in [0, 0.1) is 0 Å². The van der Waals surface area contributed by atoms with E-state index in [2.05, 4.69) is 31.2 Å². The van der Waals surface area contributed by atoms with Gasteiger partial charge in [0.15, 0.2) is 11.6 Å². The molecule has 1 amide bonds. The van der Waals surface area contributed by atoms with Crippen molar-refractivity contribution in [1.82, 2.24) is 20.3 Å². The predicted molar refractivity (Wildman–Crippen MR) is 121 cm³/mol. The normalized spacial score (nSPS) is 12.9. The van der Waals surface area contributed by atoms with Crippen molar-refractivity contribution >= 4 is 27.6 Å². The Hall–Kier alpha value is -3.58. The van der Waals surface area contributed by atoms with Crippen molar-refractivity contribution in [3.05, 3.63) is 93.7 Å². The molecule has 1 aliphatic rings. The molecule has 0 spiro atoms. The van der Waals surface area contributed by atoms with Gasteiger partial charge in [0.25, 0.3) is 5.91 Å². The average Bonchev–Trinajstić information content (AvgIpc) is 3.25. The van der Waals surface area contributed by atoms with Gasteiger partial charge in [0, 0.05) is 46.0 Å². The lowest BCUT2D eigenvalue weighted by atomic mass is 9.98. The Morgan fingerprint density at radius 2 is 1.87 bits per heavy atom. The maximum absolute atomic E-state index is 13.2. The van der Waals surface area contributed by atoms with Crippen molar-refractivity contribution < 1.29 is 9.59 Å². The highest BCUT2D eigenvalue weighted by molar-refractivity contribution is 9.10. The van der Waals surface area contributed by atoms with Crippen LogP contribution in [0.1, 0.15) is 32.0 Å². The molecule has 0 saturated carbocycles. The Balaban J connectivity index is 1.56. The molecule has 2 N–H and O–H groups in total. The second-order valence-electron chi connectivity index (χ2n) is 7.23. The molecule has 0 aliphatic carbocycles. The Labute approximate surface area is 186 Å². The summed E-state index contributed by atoms with van der Waals surface area (Å²) in [5.74, 6) is 0.273. The Bertz CT molecular complexity index is 1330. The summed E-state index contributed by atoms with van der Waals surface area (Å²) >= 11 is 3.42. The number of hydrogen-bond acceptors (Lipinski definition) is 4. The van der Waals surface area contributed by atoms with Gasteiger partial charge in [-0.3, -0.25) is 9.59 Å². The summed E-state index contributed by atoms with van der Waals surface area (Å²) < 4.78 is 0.842. The molecular weight excluding hydrogens is 456 g/mol. The molecule has 152 valence electrons. The average molecular weight is 473 g/mol. The number of aromatic nitrogens is 3. The van der Waals surface area contributed by atoms with Gasteiger partial charge < -0.3 is 10.3 Å². The van der Waals surface area contributed by atoms with Crippen LogP contribution in [-0.4, -0.2) is 33.2 Å². The first-order valence-electron chi connectivity index (χ1n) is 9.83. The molecular formula is C24H17BrN4O2. The van der Waals surface area contributed by atoms with Gasteiger partial charge in [-0.2, -0.15) is 0 Å². The number of fused-ring (bicyclic) bond motifs is 1. The van der Waals surface area contributed by atoms with Crippen LogP contribution in [0.2, 0.25) is 0 Å². The predicted octanol–water partition coefficient (Wildman–Crippen LogP) is 4.42. The molecule has 0 atom stereocenters. The third-order valence-corrected chi connectivity index (χ3v) is 5.73. The smallest absolute Gasteiger partial charge is 0.253 e. The fourth-order valence-electron chi connectivity index (χ4n) is 3.73. The van der Waals surface area contributed by atoms with Crippen molar-refractivity contribution in [2.75, 3.05) is 6.54 Å². The van der Waals surface area contributed by atoms with E-state index < -0.39 is 0 Å². The van der Waals surface area contributed by atoms with E-state index in [1.165, 1.54) is 0 Å². The van der Waals surface area contributed by atoms with Gasteiger partial charge in [0.2, 0.25) is 0 Å². The molecule has 31 heavy (non-hydrogen) atoms. The number of amides is 1. The number of nitrogens with zero attached hydrogens (tertiary/aromatic N) is 2. The van der Waals surface area contributed by atoms with E-state index >= 15 is 0 Å². The molecule has 7 heteroatoms. The van der Waals surface area contributed by atoms with Crippen LogP contribution in [0.4, 0.5) is 0 Å². The van der Waals surface area contributed by atoms with E-state index in [1.54, 1.807) is 30.5 Å². The highest BCUT2D eigenvalue weighted by Gasteiger charge is 2.21. The summed E-state index contributed by atoms with van der Waals surface area (Å²) in [6, 6.07) is 18.2.